The Labute approximate surface area is 353 Å². The summed E-state index contributed by atoms with van der Waals surface area (Å²) in [4.78, 5) is 83.3. The van der Waals surface area contributed by atoms with Gasteiger partial charge in [0.1, 0.15) is 18.3 Å². The number of aliphatic hydroxyl groups is 2. The van der Waals surface area contributed by atoms with E-state index in [1.54, 1.807) is 112 Å². The van der Waals surface area contributed by atoms with Gasteiger partial charge in [-0.2, -0.15) is 0 Å². The van der Waals surface area contributed by atoms with E-state index in [0.29, 0.717) is 16.7 Å². The lowest BCUT2D eigenvalue weighted by Gasteiger charge is -2.66. The third-order valence-electron chi connectivity index (χ3n) is 13.3. The minimum Gasteiger partial charge on any atom is -0.458 e. The summed E-state index contributed by atoms with van der Waals surface area (Å²) in [5.74, 6) is -6.83. The molecule has 0 aromatic heterocycles. The summed E-state index contributed by atoms with van der Waals surface area (Å²) in [6, 6.07) is 23.6. The van der Waals surface area contributed by atoms with Crippen LogP contribution in [0.15, 0.2) is 102 Å². The van der Waals surface area contributed by atoms with E-state index in [1.807, 2.05) is 0 Å². The van der Waals surface area contributed by atoms with E-state index >= 15 is 4.79 Å². The van der Waals surface area contributed by atoms with Crippen LogP contribution < -0.4 is 5.32 Å². The fourth-order valence-electron chi connectivity index (χ4n) is 10.3. The Morgan fingerprint density at radius 1 is 0.803 bits per heavy atom. The maximum atomic E-state index is 15.5. The van der Waals surface area contributed by atoms with Gasteiger partial charge >= 0.3 is 23.9 Å². The summed E-state index contributed by atoms with van der Waals surface area (Å²) >= 11 is 0. The SMILES string of the molecule is CC(=O)O[C@H]1C(=O)[C@@]2(C)[C@H]([C@H](OC(=O)c3ccccc3)C3C[C@H](OC(=O)[C@H](O)[C@@H](NC(=O)c4ccccc4)c4ccccc4)C(C)=C1C3(C)C)[C@]1(OC(C)=O)CO[C@@H]1C[C@@H]2O. The third-order valence-corrected chi connectivity index (χ3v) is 13.3. The van der Waals surface area contributed by atoms with Gasteiger partial charge in [-0.1, -0.05) is 80.6 Å². The van der Waals surface area contributed by atoms with Crippen molar-refractivity contribution in [2.45, 2.75) is 103 Å². The van der Waals surface area contributed by atoms with Gasteiger partial charge in [0.15, 0.2) is 23.6 Å². The van der Waals surface area contributed by atoms with Crippen molar-refractivity contribution in [2.24, 2.45) is 22.7 Å². The quantitative estimate of drug-likeness (QED) is 0.145. The molecule has 1 saturated heterocycles. The molecule has 322 valence electrons. The van der Waals surface area contributed by atoms with Crippen molar-refractivity contribution in [2.75, 3.05) is 6.61 Å². The normalized spacial score (nSPS) is 31.0. The van der Waals surface area contributed by atoms with Crippen molar-refractivity contribution in [1.82, 2.24) is 5.32 Å². The van der Waals surface area contributed by atoms with E-state index in [1.165, 1.54) is 13.8 Å². The van der Waals surface area contributed by atoms with Gasteiger partial charge < -0.3 is 39.2 Å². The second-order valence-electron chi connectivity index (χ2n) is 17.2. The second-order valence-corrected chi connectivity index (χ2v) is 17.2. The number of hydrogen-bond acceptors (Lipinski definition) is 13. The molecule has 11 atom stereocenters. The topological polar surface area (TPSA) is 201 Å². The number of carbonyl (C=O) groups excluding carboxylic acids is 6. The Morgan fingerprint density at radius 3 is 1.95 bits per heavy atom. The molecule has 1 amide bonds. The van der Waals surface area contributed by atoms with Crippen LogP contribution in [0.3, 0.4) is 0 Å². The van der Waals surface area contributed by atoms with E-state index in [0.717, 1.165) is 6.92 Å². The smallest absolute Gasteiger partial charge is 0.338 e. The summed E-state index contributed by atoms with van der Waals surface area (Å²) in [6.45, 7) is 8.91. The van der Waals surface area contributed by atoms with Crippen molar-refractivity contribution in [3.05, 3.63) is 119 Å². The molecule has 7 rings (SSSR count). The number of Topliss-reactive ketones (excluding diaryl/α,β-unsaturated/α-hetero) is 1. The van der Waals surface area contributed by atoms with Crippen LogP contribution in [0.4, 0.5) is 0 Å². The number of hydrogen-bond donors (Lipinski definition) is 3. The van der Waals surface area contributed by atoms with Crippen molar-refractivity contribution in [3.63, 3.8) is 0 Å². The number of esters is 4. The Balaban J connectivity index is 1.36. The predicted molar refractivity (Wildman–Crippen MR) is 216 cm³/mol. The molecule has 4 aliphatic rings. The zero-order valence-corrected chi connectivity index (χ0v) is 34.9. The molecule has 1 aliphatic heterocycles. The number of ether oxygens (including phenoxy) is 5. The van der Waals surface area contributed by atoms with Gasteiger partial charge in [-0.25, -0.2) is 9.59 Å². The molecule has 0 radical (unpaired) electrons. The zero-order valence-electron chi connectivity index (χ0n) is 34.9. The first kappa shape index (κ1) is 43.4. The molecule has 1 heterocycles. The monoisotopic (exact) mass is 837 g/mol. The average Bonchev–Trinajstić information content (AvgIpc) is 3.23. The van der Waals surface area contributed by atoms with E-state index < -0.39 is 107 Å². The van der Waals surface area contributed by atoms with E-state index in [9.17, 15) is 34.2 Å². The molecule has 3 fully saturated rings. The van der Waals surface area contributed by atoms with Gasteiger partial charge in [-0.15, -0.1) is 0 Å². The molecule has 2 saturated carbocycles. The van der Waals surface area contributed by atoms with Gasteiger partial charge in [0.25, 0.3) is 5.91 Å². The Morgan fingerprint density at radius 2 is 1.39 bits per heavy atom. The minimum atomic E-state index is -1.94. The Kier molecular flexibility index (Phi) is 11.8. The number of nitrogens with one attached hydrogen (secondary N) is 1. The maximum absolute atomic E-state index is 15.5. The second kappa shape index (κ2) is 16.6. The Bertz CT molecular complexity index is 2230. The summed E-state index contributed by atoms with van der Waals surface area (Å²) in [7, 11) is 0. The molecule has 3 aromatic carbocycles. The maximum Gasteiger partial charge on any atom is 0.338 e. The van der Waals surface area contributed by atoms with E-state index in [-0.39, 0.29) is 30.6 Å². The van der Waals surface area contributed by atoms with Crippen LogP contribution in [0.2, 0.25) is 0 Å². The van der Waals surface area contributed by atoms with Gasteiger partial charge in [-0.3, -0.25) is 19.2 Å². The summed E-state index contributed by atoms with van der Waals surface area (Å²) < 4.78 is 30.7. The summed E-state index contributed by atoms with van der Waals surface area (Å²) in [6.07, 6.45) is -8.64. The van der Waals surface area contributed by atoms with Gasteiger partial charge in [-0.05, 0) is 66.7 Å². The van der Waals surface area contributed by atoms with Crippen LogP contribution in [0.25, 0.3) is 0 Å². The lowest BCUT2D eigenvalue weighted by Crippen LogP contribution is -2.79. The first-order valence-corrected chi connectivity index (χ1v) is 20.4. The zero-order chi connectivity index (χ0) is 44.0. The largest absolute Gasteiger partial charge is 0.458 e. The molecule has 3 N–H and O–H groups in total. The molecule has 0 spiro atoms. The first-order valence-electron chi connectivity index (χ1n) is 20.4. The lowest BCUT2D eigenvalue weighted by molar-refractivity contribution is -0.335. The highest BCUT2D eigenvalue weighted by molar-refractivity contribution is 5.96. The van der Waals surface area contributed by atoms with Crippen LogP contribution in [-0.4, -0.2) is 94.6 Å². The van der Waals surface area contributed by atoms with Gasteiger partial charge in [0.2, 0.25) is 0 Å². The molecule has 2 bridgehead atoms. The van der Waals surface area contributed by atoms with Crippen molar-refractivity contribution in [1.29, 1.82) is 0 Å². The predicted octanol–water partition coefficient (Wildman–Crippen LogP) is 4.62. The van der Waals surface area contributed by atoms with Crippen LogP contribution in [-0.2, 0) is 42.9 Å². The van der Waals surface area contributed by atoms with Crippen LogP contribution in [0, 0.1) is 22.7 Å². The fraction of sp³-hybridized carbons (Fsp3) is 0.447. The summed E-state index contributed by atoms with van der Waals surface area (Å²) in [5, 5.41) is 26.6. The Hall–Kier alpha value is -5.70. The number of fused-ring (bicyclic) bond motifs is 5. The lowest BCUT2D eigenvalue weighted by atomic mass is 9.46. The fourth-order valence-corrected chi connectivity index (χ4v) is 10.3. The van der Waals surface area contributed by atoms with Crippen LogP contribution >= 0.6 is 0 Å². The van der Waals surface area contributed by atoms with Gasteiger partial charge in [0, 0.05) is 31.7 Å². The summed E-state index contributed by atoms with van der Waals surface area (Å²) in [5.41, 5.74) is -3.12. The number of carbonyl (C=O) groups is 6. The molecule has 3 aromatic rings. The number of benzene rings is 3. The van der Waals surface area contributed by atoms with E-state index in [4.69, 9.17) is 23.7 Å². The number of ketones is 1. The molecule has 14 heteroatoms. The first-order chi connectivity index (χ1) is 28.9. The van der Waals surface area contributed by atoms with Gasteiger partial charge in [0.05, 0.1) is 35.6 Å². The number of aliphatic hydroxyl groups excluding tert-OH is 2. The van der Waals surface area contributed by atoms with E-state index in [2.05, 4.69) is 5.32 Å². The van der Waals surface area contributed by atoms with Crippen LogP contribution in [0.5, 0.6) is 0 Å². The minimum absolute atomic E-state index is 0.0642. The van der Waals surface area contributed by atoms with Crippen molar-refractivity contribution in [3.8, 4) is 0 Å². The molecule has 14 nitrogen and oxygen atoms in total. The molecule has 3 aliphatic carbocycles. The highest BCUT2D eigenvalue weighted by atomic mass is 16.6. The molecule has 1 unspecified atom stereocenters. The van der Waals surface area contributed by atoms with Crippen molar-refractivity contribution >= 4 is 35.6 Å². The highest BCUT2D eigenvalue weighted by Crippen LogP contribution is 2.63. The third kappa shape index (κ3) is 7.65. The molecular formula is C47H51NO13. The highest BCUT2D eigenvalue weighted by Gasteiger charge is 2.75. The molecular weight excluding hydrogens is 787 g/mol. The van der Waals surface area contributed by atoms with Crippen LogP contribution in [0.1, 0.15) is 86.7 Å². The number of amides is 1. The number of rotatable bonds is 10. The van der Waals surface area contributed by atoms with Crippen molar-refractivity contribution < 1.29 is 62.7 Å². The standard InChI is InChI=1S/C47H51NO13/c1-25-32(59-44(56)37(52)36(28-16-10-7-11-17-28)48-42(54)29-18-12-8-13-19-29)22-31-38(60-43(55)30-20-14-9-15-21-30)40-46(6,33(51)23-34-47(40,24-57-34)61-27(3)50)41(53)39(58-26(2)49)35(25)45(31,4)5/h7-21,31-34,36-40,51-52H,22-24H2,1-6H3,(H,48,54)/t31?,32-,33-,34+,36-,37+,38+,39+,40-,46+,47-/m0/s1. The molecule has 61 heavy (non-hydrogen) atoms. The average molecular weight is 838 g/mol.